The lowest BCUT2D eigenvalue weighted by molar-refractivity contribution is 0.149. The molecular weight excluding hydrogens is 200 g/mol. The normalized spacial score (nSPS) is 18.9. The van der Waals surface area contributed by atoms with Crippen LogP contribution in [0.2, 0.25) is 0 Å². The van der Waals surface area contributed by atoms with Crippen molar-refractivity contribution in [3.63, 3.8) is 0 Å². The minimum atomic E-state index is 0.350. The summed E-state index contributed by atoms with van der Waals surface area (Å²) in [5, 5.41) is 7.03. The highest BCUT2D eigenvalue weighted by Crippen LogP contribution is 2.19. The first-order valence-electron chi connectivity index (χ1n) is 6.54. The van der Waals surface area contributed by atoms with Crippen LogP contribution in [0.5, 0.6) is 0 Å². The molecule has 0 unspecified atom stereocenters. The van der Waals surface area contributed by atoms with Gasteiger partial charge < -0.3 is 15.4 Å². The maximum Gasteiger partial charge on any atom is 0.0467 e. The van der Waals surface area contributed by atoms with E-state index in [1.165, 1.54) is 32.5 Å². The fourth-order valence-electron chi connectivity index (χ4n) is 2.17. The van der Waals surface area contributed by atoms with E-state index < -0.39 is 0 Å². The lowest BCUT2D eigenvalue weighted by atomic mass is 9.89. The summed E-state index contributed by atoms with van der Waals surface area (Å²) in [5.74, 6) is 0.875. The Morgan fingerprint density at radius 1 is 1.31 bits per heavy atom. The van der Waals surface area contributed by atoms with Crippen LogP contribution in [-0.2, 0) is 4.74 Å². The summed E-state index contributed by atoms with van der Waals surface area (Å²) in [6, 6.07) is 0. The van der Waals surface area contributed by atoms with Crippen molar-refractivity contribution in [3.05, 3.63) is 0 Å². The van der Waals surface area contributed by atoms with E-state index in [0.29, 0.717) is 5.41 Å². The van der Waals surface area contributed by atoms with Gasteiger partial charge in [0.25, 0.3) is 0 Å². The minimum absolute atomic E-state index is 0.350. The van der Waals surface area contributed by atoms with Gasteiger partial charge in [-0.2, -0.15) is 0 Å². The van der Waals surface area contributed by atoms with Crippen LogP contribution in [0.1, 0.15) is 33.1 Å². The van der Waals surface area contributed by atoms with Crippen molar-refractivity contribution in [1.82, 2.24) is 10.6 Å². The van der Waals surface area contributed by atoms with E-state index in [1.54, 1.807) is 7.11 Å². The van der Waals surface area contributed by atoms with Gasteiger partial charge in [0.1, 0.15) is 0 Å². The van der Waals surface area contributed by atoms with Gasteiger partial charge >= 0.3 is 0 Å². The Balaban J connectivity index is 2.08. The molecular formula is C13H28N2O. The van der Waals surface area contributed by atoms with Crippen molar-refractivity contribution in [3.8, 4) is 0 Å². The van der Waals surface area contributed by atoms with Crippen molar-refractivity contribution < 1.29 is 4.74 Å². The Kier molecular flexibility index (Phi) is 6.32. The zero-order chi connectivity index (χ0) is 11.9. The summed E-state index contributed by atoms with van der Waals surface area (Å²) >= 11 is 0. The van der Waals surface area contributed by atoms with E-state index >= 15 is 0 Å². The van der Waals surface area contributed by atoms with Crippen LogP contribution >= 0.6 is 0 Å². The van der Waals surface area contributed by atoms with E-state index in [1.807, 2.05) is 0 Å². The van der Waals surface area contributed by atoms with E-state index in [9.17, 15) is 0 Å². The predicted octanol–water partition coefficient (Wildman–Crippen LogP) is 1.64. The van der Waals surface area contributed by atoms with E-state index in [2.05, 4.69) is 24.5 Å². The van der Waals surface area contributed by atoms with Gasteiger partial charge in [-0.25, -0.2) is 0 Å². The molecule has 0 saturated carbocycles. The van der Waals surface area contributed by atoms with Gasteiger partial charge in [0.2, 0.25) is 0 Å². The van der Waals surface area contributed by atoms with Crippen LogP contribution in [0, 0.1) is 11.3 Å². The lowest BCUT2D eigenvalue weighted by Crippen LogP contribution is -2.37. The molecule has 0 radical (unpaired) electrons. The Labute approximate surface area is 100 Å². The number of hydrogen-bond acceptors (Lipinski definition) is 3. The molecule has 1 fully saturated rings. The lowest BCUT2D eigenvalue weighted by Gasteiger charge is -2.28. The Bertz CT molecular complexity index is 177. The Morgan fingerprint density at radius 2 is 2.00 bits per heavy atom. The largest absolute Gasteiger partial charge is 0.385 e. The monoisotopic (exact) mass is 228 g/mol. The Morgan fingerprint density at radius 3 is 2.62 bits per heavy atom. The molecule has 1 aliphatic rings. The second-order valence-electron chi connectivity index (χ2n) is 5.73. The quantitative estimate of drug-likeness (QED) is 0.695. The fourth-order valence-corrected chi connectivity index (χ4v) is 2.17. The van der Waals surface area contributed by atoms with Gasteiger partial charge in [0.15, 0.2) is 0 Å². The van der Waals surface area contributed by atoms with Gasteiger partial charge in [-0.1, -0.05) is 13.8 Å². The maximum absolute atomic E-state index is 5.14. The summed E-state index contributed by atoms with van der Waals surface area (Å²) in [5.41, 5.74) is 0.350. The van der Waals surface area contributed by atoms with Crippen LogP contribution in [-0.4, -0.2) is 39.9 Å². The van der Waals surface area contributed by atoms with Gasteiger partial charge in [-0.15, -0.1) is 0 Å². The molecule has 0 aliphatic carbocycles. The number of methoxy groups -OCH3 is 1. The van der Waals surface area contributed by atoms with E-state index in [0.717, 1.165) is 25.5 Å². The van der Waals surface area contributed by atoms with E-state index in [-0.39, 0.29) is 0 Å². The molecule has 3 nitrogen and oxygen atoms in total. The summed E-state index contributed by atoms with van der Waals surface area (Å²) < 4.78 is 5.14. The molecule has 1 saturated heterocycles. The summed E-state index contributed by atoms with van der Waals surface area (Å²) in [4.78, 5) is 0. The molecule has 96 valence electrons. The number of nitrogens with one attached hydrogen (secondary N) is 2. The molecule has 0 atom stereocenters. The van der Waals surface area contributed by atoms with Crippen LogP contribution < -0.4 is 10.6 Å². The highest BCUT2D eigenvalue weighted by atomic mass is 16.5. The number of piperidine rings is 1. The van der Waals surface area contributed by atoms with Gasteiger partial charge in [0, 0.05) is 20.3 Å². The third-order valence-corrected chi connectivity index (χ3v) is 3.48. The van der Waals surface area contributed by atoms with Crippen LogP contribution in [0.15, 0.2) is 0 Å². The highest BCUT2D eigenvalue weighted by Gasteiger charge is 2.18. The van der Waals surface area contributed by atoms with E-state index in [4.69, 9.17) is 4.74 Å². The standard InChI is InChI=1S/C13H28N2O/c1-13(2,6-9-16-3)11-15-10-12-4-7-14-8-5-12/h12,14-15H,4-11H2,1-3H3. The zero-order valence-corrected chi connectivity index (χ0v) is 11.1. The molecule has 0 aromatic heterocycles. The molecule has 0 aromatic rings. The molecule has 2 N–H and O–H groups in total. The molecule has 1 aliphatic heterocycles. The predicted molar refractivity (Wildman–Crippen MR) is 68.7 cm³/mol. The van der Waals surface area contributed by atoms with Crippen LogP contribution in [0.25, 0.3) is 0 Å². The van der Waals surface area contributed by atoms with Gasteiger partial charge in [-0.05, 0) is 50.2 Å². The Hall–Kier alpha value is -0.120. The molecule has 1 rings (SSSR count). The molecule has 16 heavy (non-hydrogen) atoms. The van der Waals surface area contributed by atoms with Crippen molar-refractivity contribution in [2.45, 2.75) is 33.1 Å². The van der Waals surface area contributed by atoms with Gasteiger partial charge in [-0.3, -0.25) is 0 Å². The van der Waals surface area contributed by atoms with Crippen molar-refractivity contribution >= 4 is 0 Å². The second kappa shape index (κ2) is 7.25. The topological polar surface area (TPSA) is 33.3 Å². The highest BCUT2D eigenvalue weighted by molar-refractivity contribution is 4.75. The summed E-state index contributed by atoms with van der Waals surface area (Å²) in [6.45, 7) is 10.1. The van der Waals surface area contributed by atoms with Crippen LogP contribution in [0.4, 0.5) is 0 Å². The molecule has 1 heterocycles. The number of rotatable bonds is 7. The first-order chi connectivity index (χ1) is 7.64. The fraction of sp³-hybridized carbons (Fsp3) is 1.00. The number of ether oxygens (including phenoxy) is 1. The first-order valence-corrected chi connectivity index (χ1v) is 6.54. The minimum Gasteiger partial charge on any atom is -0.385 e. The van der Waals surface area contributed by atoms with Crippen LogP contribution in [0.3, 0.4) is 0 Å². The first kappa shape index (κ1) is 13.9. The third-order valence-electron chi connectivity index (χ3n) is 3.48. The average molecular weight is 228 g/mol. The molecule has 3 heteroatoms. The molecule has 0 amide bonds. The average Bonchev–Trinajstić information content (AvgIpc) is 2.28. The molecule has 0 spiro atoms. The van der Waals surface area contributed by atoms with Crippen molar-refractivity contribution in [2.24, 2.45) is 11.3 Å². The maximum atomic E-state index is 5.14. The summed E-state index contributed by atoms with van der Waals surface area (Å²) in [7, 11) is 1.78. The smallest absolute Gasteiger partial charge is 0.0467 e. The molecule has 0 aromatic carbocycles. The van der Waals surface area contributed by atoms with Crippen molar-refractivity contribution in [1.29, 1.82) is 0 Å². The second-order valence-corrected chi connectivity index (χ2v) is 5.73. The number of hydrogen-bond donors (Lipinski definition) is 2. The zero-order valence-electron chi connectivity index (χ0n) is 11.1. The van der Waals surface area contributed by atoms with Crippen molar-refractivity contribution in [2.75, 3.05) is 39.9 Å². The summed E-state index contributed by atoms with van der Waals surface area (Å²) in [6.07, 6.45) is 3.78. The molecule has 0 bridgehead atoms. The van der Waals surface area contributed by atoms with Gasteiger partial charge in [0.05, 0.1) is 0 Å². The third kappa shape index (κ3) is 5.83. The SMILES string of the molecule is COCCC(C)(C)CNCC1CCNCC1.